The van der Waals surface area contributed by atoms with Gasteiger partial charge >= 0.3 is 0 Å². The van der Waals surface area contributed by atoms with Gasteiger partial charge in [0.1, 0.15) is 0 Å². The number of aromatic nitrogens is 2. The SMILES string of the molecule is O=C(c1cccnc1)N1CCc2c([nH]c3ccccc23)[C@H]1c1ccccc1. The molecule has 2 aromatic carbocycles. The minimum absolute atomic E-state index is 0.0151. The van der Waals surface area contributed by atoms with Gasteiger partial charge in [0.25, 0.3) is 5.91 Å². The Morgan fingerprint density at radius 3 is 2.63 bits per heavy atom. The van der Waals surface area contributed by atoms with E-state index >= 15 is 0 Å². The van der Waals surface area contributed by atoms with Gasteiger partial charge in [0, 0.05) is 35.5 Å². The second-order valence-corrected chi connectivity index (χ2v) is 6.87. The molecule has 27 heavy (non-hydrogen) atoms. The maximum Gasteiger partial charge on any atom is 0.256 e. The number of fused-ring (bicyclic) bond motifs is 3. The highest BCUT2D eigenvalue weighted by Gasteiger charge is 2.34. The Morgan fingerprint density at radius 1 is 1.00 bits per heavy atom. The zero-order valence-corrected chi connectivity index (χ0v) is 14.8. The molecule has 5 rings (SSSR count). The fraction of sp³-hybridized carbons (Fsp3) is 0.130. The lowest BCUT2D eigenvalue weighted by molar-refractivity contribution is 0.0691. The van der Waals surface area contributed by atoms with Gasteiger partial charge in [-0.15, -0.1) is 0 Å². The van der Waals surface area contributed by atoms with E-state index in [1.165, 1.54) is 10.9 Å². The van der Waals surface area contributed by atoms with Crippen molar-refractivity contribution < 1.29 is 4.79 Å². The Balaban J connectivity index is 1.67. The Labute approximate surface area is 157 Å². The van der Waals surface area contributed by atoms with Crippen LogP contribution in [0.25, 0.3) is 10.9 Å². The Hall–Kier alpha value is -3.40. The summed E-state index contributed by atoms with van der Waals surface area (Å²) in [4.78, 5) is 23.0. The average Bonchev–Trinajstić information content (AvgIpc) is 3.12. The van der Waals surface area contributed by atoms with Crippen molar-refractivity contribution in [1.82, 2.24) is 14.9 Å². The molecule has 1 N–H and O–H groups in total. The molecule has 0 saturated heterocycles. The molecule has 0 saturated carbocycles. The van der Waals surface area contributed by atoms with Crippen LogP contribution in [0.2, 0.25) is 0 Å². The van der Waals surface area contributed by atoms with Crippen LogP contribution >= 0.6 is 0 Å². The number of hydrogen-bond donors (Lipinski definition) is 1. The third-order valence-corrected chi connectivity index (χ3v) is 5.32. The predicted octanol–water partition coefficient (Wildman–Crippen LogP) is 4.35. The van der Waals surface area contributed by atoms with Crippen molar-refractivity contribution in [2.24, 2.45) is 0 Å². The molecular weight excluding hydrogens is 334 g/mol. The summed E-state index contributed by atoms with van der Waals surface area (Å²) in [6, 6.07) is 22.1. The highest BCUT2D eigenvalue weighted by Crippen LogP contribution is 2.38. The fourth-order valence-electron chi connectivity index (χ4n) is 4.10. The quantitative estimate of drug-likeness (QED) is 0.582. The standard InChI is InChI=1S/C23H19N3O/c27-23(17-9-6-13-24-15-17)26-14-12-19-18-10-4-5-11-20(18)25-21(19)22(26)16-7-2-1-3-8-16/h1-11,13,15,22,25H,12,14H2/t22-/m1/s1. The number of pyridine rings is 1. The summed E-state index contributed by atoms with van der Waals surface area (Å²) in [7, 11) is 0. The van der Waals surface area contributed by atoms with Gasteiger partial charge < -0.3 is 9.88 Å². The first-order chi connectivity index (χ1) is 13.3. The summed E-state index contributed by atoms with van der Waals surface area (Å²) in [6.07, 6.45) is 4.18. The first-order valence-electron chi connectivity index (χ1n) is 9.18. The molecular formula is C23H19N3O. The molecule has 1 aliphatic rings. The van der Waals surface area contributed by atoms with Crippen LogP contribution in [-0.2, 0) is 6.42 Å². The van der Waals surface area contributed by atoms with E-state index in [2.05, 4.69) is 40.3 Å². The summed E-state index contributed by atoms with van der Waals surface area (Å²) in [5, 5.41) is 1.25. The van der Waals surface area contributed by atoms with Crippen molar-refractivity contribution in [3.05, 3.63) is 102 Å². The lowest BCUT2D eigenvalue weighted by atomic mass is 9.92. The van der Waals surface area contributed by atoms with Gasteiger partial charge in [0.05, 0.1) is 11.6 Å². The predicted molar refractivity (Wildman–Crippen MR) is 106 cm³/mol. The van der Waals surface area contributed by atoms with Gasteiger partial charge in [-0.1, -0.05) is 48.5 Å². The maximum atomic E-state index is 13.3. The molecule has 132 valence electrons. The highest BCUT2D eigenvalue weighted by atomic mass is 16.2. The zero-order chi connectivity index (χ0) is 18.2. The number of aromatic amines is 1. The van der Waals surface area contributed by atoms with E-state index in [0.717, 1.165) is 23.2 Å². The molecule has 1 aliphatic heterocycles. The number of nitrogens with one attached hydrogen (secondary N) is 1. The summed E-state index contributed by atoms with van der Waals surface area (Å²) >= 11 is 0. The second-order valence-electron chi connectivity index (χ2n) is 6.87. The van der Waals surface area contributed by atoms with Gasteiger partial charge in [0.2, 0.25) is 0 Å². The number of amides is 1. The lowest BCUT2D eigenvalue weighted by Gasteiger charge is -2.36. The number of rotatable bonds is 2. The van der Waals surface area contributed by atoms with Gasteiger partial charge in [0.15, 0.2) is 0 Å². The van der Waals surface area contributed by atoms with Crippen molar-refractivity contribution >= 4 is 16.8 Å². The topological polar surface area (TPSA) is 49.0 Å². The highest BCUT2D eigenvalue weighted by molar-refractivity contribution is 5.95. The Bertz CT molecular complexity index is 1100. The number of carbonyl (C=O) groups excluding carboxylic acids is 1. The minimum Gasteiger partial charge on any atom is -0.356 e. The van der Waals surface area contributed by atoms with Gasteiger partial charge in [-0.05, 0) is 35.7 Å². The average molecular weight is 353 g/mol. The number of hydrogen-bond acceptors (Lipinski definition) is 2. The molecule has 0 fully saturated rings. The largest absolute Gasteiger partial charge is 0.356 e. The molecule has 0 radical (unpaired) electrons. The van der Waals surface area contributed by atoms with Crippen LogP contribution in [0.15, 0.2) is 79.1 Å². The molecule has 1 amide bonds. The van der Waals surface area contributed by atoms with E-state index in [9.17, 15) is 4.79 Å². The monoisotopic (exact) mass is 353 g/mol. The van der Waals surface area contributed by atoms with Crippen molar-refractivity contribution in [2.45, 2.75) is 12.5 Å². The van der Waals surface area contributed by atoms with Crippen LogP contribution in [0.4, 0.5) is 0 Å². The van der Waals surface area contributed by atoms with Crippen LogP contribution in [0.1, 0.15) is 33.2 Å². The zero-order valence-electron chi connectivity index (χ0n) is 14.8. The number of carbonyl (C=O) groups is 1. The van der Waals surface area contributed by atoms with Gasteiger partial charge in [-0.25, -0.2) is 0 Å². The van der Waals surface area contributed by atoms with Crippen molar-refractivity contribution in [3.63, 3.8) is 0 Å². The summed E-state index contributed by atoms with van der Waals surface area (Å²) in [5.74, 6) is 0.0151. The summed E-state index contributed by atoms with van der Waals surface area (Å²) in [6.45, 7) is 0.683. The van der Waals surface area contributed by atoms with E-state index in [1.807, 2.05) is 41.3 Å². The summed E-state index contributed by atoms with van der Waals surface area (Å²) in [5.41, 5.74) is 5.29. The van der Waals surface area contributed by atoms with Crippen LogP contribution < -0.4 is 0 Å². The van der Waals surface area contributed by atoms with Crippen LogP contribution in [0.3, 0.4) is 0 Å². The molecule has 3 heterocycles. The maximum absolute atomic E-state index is 13.3. The fourth-order valence-corrected chi connectivity index (χ4v) is 4.10. The van der Waals surface area contributed by atoms with Crippen LogP contribution in [0.5, 0.6) is 0 Å². The first-order valence-corrected chi connectivity index (χ1v) is 9.18. The van der Waals surface area contributed by atoms with Gasteiger partial charge in [-0.3, -0.25) is 9.78 Å². The molecule has 4 nitrogen and oxygen atoms in total. The molecule has 2 aromatic heterocycles. The first kappa shape index (κ1) is 15.8. The second kappa shape index (κ2) is 6.40. The summed E-state index contributed by atoms with van der Waals surface area (Å²) < 4.78 is 0. The molecule has 4 heteroatoms. The molecule has 0 spiro atoms. The third-order valence-electron chi connectivity index (χ3n) is 5.32. The smallest absolute Gasteiger partial charge is 0.256 e. The van der Waals surface area contributed by atoms with Crippen LogP contribution in [0, 0.1) is 0 Å². The van der Waals surface area contributed by atoms with E-state index < -0.39 is 0 Å². The molecule has 0 unspecified atom stereocenters. The normalized spacial score (nSPS) is 16.3. The number of benzene rings is 2. The third kappa shape index (κ3) is 2.61. The number of para-hydroxylation sites is 1. The molecule has 4 aromatic rings. The van der Waals surface area contributed by atoms with Gasteiger partial charge in [-0.2, -0.15) is 0 Å². The van der Waals surface area contributed by atoms with Crippen molar-refractivity contribution in [2.75, 3.05) is 6.54 Å². The van der Waals surface area contributed by atoms with E-state index in [1.54, 1.807) is 12.4 Å². The number of nitrogens with zero attached hydrogens (tertiary/aromatic N) is 2. The van der Waals surface area contributed by atoms with E-state index in [0.29, 0.717) is 12.1 Å². The van der Waals surface area contributed by atoms with E-state index in [4.69, 9.17) is 0 Å². The van der Waals surface area contributed by atoms with Crippen molar-refractivity contribution in [3.8, 4) is 0 Å². The minimum atomic E-state index is -0.130. The Kier molecular flexibility index (Phi) is 3.75. The molecule has 0 bridgehead atoms. The number of H-pyrrole nitrogens is 1. The van der Waals surface area contributed by atoms with Crippen LogP contribution in [-0.4, -0.2) is 27.3 Å². The lowest BCUT2D eigenvalue weighted by Crippen LogP contribution is -2.40. The van der Waals surface area contributed by atoms with E-state index in [-0.39, 0.29) is 11.9 Å². The van der Waals surface area contributed by atoms with Crippen molar-refractivity contribution in [1.29, 1.82) is 0 Å². The molecule has 0 aliphatic carbocycles. The molecule has 1 atom stereocenters. The Morgan fingerprint density at radius 2 is 1.81 bits per heavy atom.